The van der Waals surface area contributed by atoms with E-state index in [0.717, 1.165) is 0 Å². The molecule has 0 aromatic heterocycles. The van der Waals surface area contributed by atoms with E-state index in [1.807, 2.05) is 0 Å². The summed E-state index contributed by atoms with van der Waals surface area (Å²) in [7, 11) is 0. The fourth-order valence-electron chi connectivity index (χ4n) is 0.990. The Morgan fingerprint density at radius 1 is 1.36 bits per heavy atom. The predicted molar refractivity (Wildman–Crippen MR) is 39.5 cm³/mol. The number of benzene rings is 1. The molecule has 0 bridgehead atoms. The number of hydrogen-bond acceptors (Lipinski definition) is 3. The van der Waals surface area contributed by atoms with Gasteiger partial charge in [-0.1, -0.05) is 0 Å². The Bertz CT molecular complexity index is 310. The average Bonchev–Trinajstić information content (AvgIpc) is 2.30. The van der Waals surface area contributed by atoms with Gasteiger partial charge in [0.25, 0.3) is 0 Å². The first-order valence-electron chi connectivity index (χ1n) is 3.09. The van der Waals surface area contributed by atoms with Crippen LogP contribution in [0.15, 0.2) is 24.3 Å². The van der Waals surface area contributed by atoms with Crippen LogP contribution in [0, 0.1) is 0 Å². The summed E-state index contributed by atoms with van der Waals surface area (Å²) in [6.45, 7) is 0. The summed E-state index contributed by atoms with van der Waals surface area (Å²) in [4.78, 5) is 10.9. The van der Waals surface area contributed by atoms with Crippen molar-refractivity contribution in [2.45, 2.75) is 0 Å². The van der Waals surface area contributed by atoms with Crippen molar-refractivity contribution in [1.29, 1.82) is 0 Å². The molecule has 4 heteroatoms. The Morgan fingerprint density at radius 2 is 2.09 bits per heavy atom. The van der Waals surface area contributed by atoms with Crippen molar-refractivity contribution < 1.29 is 12.6 Å². The van der Waals surface area contributed by atoms with E-state index in [0.29, 0.717) is 9.91 Å². The normalized spacial score (nSPS) is 21.2. The van der Waals surface area contributed by atoms with Gasteiger partial charge in [-0.05, 0) is 0 Å². The molecule has 56 valence electrons. The van der Waals surface area contributed by atoms with E-state index in [9.17, 15) is 8.89 Å². The first-order valence-corrected chi connectivity index (χ1v) is 5.64. The van der Waals surface area contributed by atoms with E-state index in [1.54, 1.807) is 24.3 Å². The minimum atomic E-state index is -2.42. The molecule has 1 N–H and O–H groups in total. The molecule has 0 aliphatic carbocycles. The summed E-state index contributed by atoms with van der Waals surface area (Å²) >= 11 is -2.42. The van der Waals surface area contributed by atoms with Crippen molar-refractivity contribution in [2.24, 2.45) is 0 Å². The Balaban J connectivity index is 2.60. The third kappa shape index (κ3) is 0.970. The molecule has 0 fully saturated rings. The van der Waals surface area contributed by atoms with E-state index >= 15 is 0 Å². The Kier molecular flexibility index (Phi) is 1.48. The molecule has 11 heavy (non-hydrogen) atoms. The molecule has 3 nitrogen and oxygen atoms in total. The van der Waals surface area contributed by atoms with Crippen LogP contribution in [0.3, 0.4) is 0 Å². The average molecular weight is 212 g/mol. The fourth-order valence-corrected chi connectivity index (χ4v) is 2.96. The predicted octanol–water partition coefficient (Wildman–Crippen LogP) is -0.456. The number of hydrogen-bond donors (Lipinski definition) is 1. The van der Waals surface area contributed by atoms with Crippen LogP contribution in [0.2, 0.25) is 0 Å². The third-order valence-electron chi connectivity index (χ3n) is 1.50. The van der Waals surface area contributed by atoms with Crippen LogP contribution in [0.1, 0.15) is 10.4 Å². The van der Waals surface area contributed by atoms with Gasteiger partial charge in [0.1, 0.15) is 0 Å². The summed E-state index contributed by atoms with van der Waals surface area (Å²) in [5.74, 6) is -0.386. The standard InChI is InChI=1S/C7H5AsO3/c9-7-5-3-1-2-4-6(5)8(10)11-7/h1-4,10H. The summed E-state index contributed by atoms with van der Waals surface area (Å²) < 4.78 is 14.6. The van der Waals surface area contributed by atoms with Crippen molar-refractivity contribution >= 4 is 25.7 Å². The van der Waals surface area contributed by atoms with Crippen LogP contribution >= 0.6 is 0 Å². The molecule has 1 atom stereocenters. The summed E-state index contributed by atoms with van der Waals surface area (Å²) in [5, 5.41) is 0. The molecular weight excluding hydrogens is 207 g/mol. The molecule has 1 heterocycles. The molecule has 1 aromatic carbocycles. The van der Waals surface area contributed by atoms with Crippen LogP contribution in [0.5, 0.6) is 0 Å². The summed E-state index contributed by atoms with van der Waals surface area (Å²) in [5.41, 5.74) is 0.523. The molecule has 0 saturated heterocycles. The molecule has 0 radical (unpaired) electrons. The molecule has 2 rings (SSSR count). The van der Waals surface area contributed by atoms with Crippen molar-refractivity contribution in [3.05, 3.63) is 29.8 Å². The van der Waals surface area contributed by atoms with Gasteiger partial charge in [-0.3, -0.25) is 0 Å². The van der Waals surface area contributed by atoms with Gasteiger partial charge in [-0.25, -0.2) is 0 Å². The molecule has 0 saturated carbocycles. The van der Waals surface area contributed by atoms with Crippen molar-refractivity contribution in [2.75, 3.05) is 0 Å². The van der Waals surface area contributed by atoms with Gasteiger partial charge in [0.15, 0.2) is 0 Å². The third-order valence-corrected chi connectivity index (χ3v) is 3.89. The number of rotatable bonds is 0. The number of carbonyl (C=O) groups excluding carboxylic acids is 1. The Labute approximate surface area is 68.6 Å². The monoisotopic (exact) mass is 212 g/mol. The van der Waals surface area contributed by atoms with Crippen LogP contribution in [-0.2, 0) is 3.73 Å². The van der Waals surface area contributed by atoms with Gasteiger partial charge in [0.2, 0.25) is 0 Å². The second kappa shape index (κ2) is 2.36. The molecule has 1 aromatic rings. The molecule has 1 aliphatic rings. The zero-order valence-electron chi connectivity index (χ0n) is 5.52. The van der Waals surface area contributed by atoms with Gasteiger partial charge in [-0.15, -0.1) is 0 Å². The maximum atomic E-state index is 10.9. The zero-order valence-corrected chi connectivity index (χ0v) is 7.40. The second-order valence-electron chi connectivity index (χ2n) is 2.17. The van der Waals surface area contributed by atoms with Crippen LogP contribution in [-0.4, -0.2) is 25.4 Å². The van der Waals surface area contributed by atoms with Gasteiger partial charge in [-0.2, -0.15) is 0 Å². The van der Waals surface area contributed by atoms with E-state index in [4.69, 9.17) is 3.73 Å². The molecule has 0 amide bonds. The van der Waals surface area contributed by atoms with Gasteiger partial charge in [0, 0.05) is 0 Å². The van der Waals surface area contributed by atoms with E-state index in [-0.39, 0.29) is 5.97 Å². The van der Waals surface area contributed by atoms with Crippen molar-refractivity contribution in [3.63, 3.8) is 0 Å². The topological polar surface area (TPSA) is 46.5 Å². The summed E-state index contributed by atoms with van der Waals surface area (Å²) in [6, 6.07) is 6.95. The molecule has 1 unspecified atom stereocenters. The first-order chi connectivity index (χ1) is 5.29. The van der Waals surface area contributed by atoms with Crippen molar-refractivity contribution in [1.82, 2.24) is 0 Å². The molecule has 0 spiro atoms. The Morgan fingerprint density at radius 3 is 2.82 bits per heavy atom. The maximum absolute atomic E-state index is 10.9. The van der Waals surface area contributed by atoms with Crippen LogP contribution in [0.25, 0.3) is 0 Å². The van der Waals surface area contributed by atoms with E-state index in [2.05, 4.69) is 0 Å². The fraction of sp³-hybridized carbons (Fsp3) is 0. The van der Waals surface area contributed by atoms with Gasteiger partial charge < -0.3 is 0 Å². The van der Waals surface area contributed by atoms with E-state index in [1.165, 1.54) is 0 Å². The van der Waals surface area contributed by atoms with Gasteiger partial charge in [0.05, 0.1) is 0 Å². The molecular formula is C7H5AsO3. The first kappa shape index (κ1) is 6.89. The van der Waals surface area contributed by atoms with E-state index < -0.39 is 15.3 Å². The van der Waals surface area contributed by atoms with Crippen LogP contribution < -0.4 is 4.35 Å². The van der Waals surface area contributed by atoms with Crippen LogP contribution in [0.4, 0.5) is 0 Å². The molecule has 1 aliphatic heterocycles. The second-order valence-corrected chi connectivity index (χ2v) is 4.71. The van der Waals surface area contributed by atoms with Gasteiger partial charge >= 0.3 is 68.1 Å². The summed E-state index contributed by atoms with van der Waals surface area (Å²) in [6.07, 6.45) is 0. The minimum absolute atomic E-state index is 0.386. The quantitative estimate of drug-likeness (QED) is 0.592. The van der Waals surface area contributed by atoms with Crippen molar-refractivity contribution in [3.8, 4) is 0 Å². The number of carbonyl (C=O) groups is 1. The zero-order chi connectivity index (χ0) is 7.84. The Hall–Kier alpha value is -0.792. The number of fused-ring (bicyclic) bond motifs is 1. The SMILES string of the molecule is O=C1O[As](O)c2ccccc21.